The maximum atomic E-state index is 5.49. The average Bonchev–Trinajstić information content (AvgIpc) is 2.68. The van der Waals surface area contributed by atoms with Crippen LogP contribution in [-0.4, -0.2) is 28.7 Å². The van der Waals surface area contributed by atoms with Crippen LogP contribution in [0.4, 0.5) is 0 Å². The highest BCUT2D eigenvalue weighted by molar-refractivity contribution is 5.05. The Morgan fingerprint density at radius 1 is 1.24 bits per heavy atom. The fourth-order valence-corrected chi connectivity index (χ4v) is 2.94. The molecule has 0 unspecified atom stereocenters. The Bertz CT molecular complexity index is 414. The molecule has 1 heterocycles. The molecule has 0 aromatic carbocycles. The molecule has 1 aliphatic rings. The SMILES string of the molecule is CN(Cc1cc(CNC(C)(C)C)no1)C1CCCCCC1. The molecule has 2 rings (SSSR count). The van der Waals surface area contributed by atoms with Crippen molar-refractivity contribution in [2.24, 2.45) is 0 Å². The van der Waals surface area contributed by atoms with Crippen LogP contribution in [0.5, 0.6) is 0 Å². The maximum Gasteiger partial charge on any atom is 0.151 e. The lowest BCUT2D eigenvalue weighted by molar-refractivity contribution is 0.190. The summed E-state index contributed by atoms with van der Waals surface area (Å²) in [6.07, 6.45) is 8.18. The molecule has 0 spiro atoms. The number of rotatable bonds is 5. The Morgan fingerprint density at radius 2 is 1.90 bits per heavy atom. The molecular formula is C17H31N3O. The lowest BCUT2D eigenvalue weighted by atomic mass is 10.1. The Balaban J connectivity index is 1.83. The van der Waals surface area contributed by atoms with Gasteiger partial charge in [-0.05, 0) is 40.7 Å². The molecule has 0 saturated heterocycles. The second-order valence-electron chi connectivity index (χ2n) is 7.45. The first-order valence-electron chi connectivity index (χ1n) is 8.34. The van der Waals surface area contributed by atoms with Crippen molar-refractivity contribution >= 4 is 0 Å². The molecule has 0 amide bonds. The summed E-state index contributed by atoms with van der Waals surface area (Å²) in [5.41, 5.74) is 1.10. The zero-order valence-corrected chi connectivity index (χ0v) is 14.1. The molecule has 120 valence electrons. The summed E-state index contributed by atoms with van der Waals surface area (Å²) in [5.74, 6) is 0.979. The molecule has 1 N–H and O–H groups in total. The highest BCUT2D eigenvalue weighted by Gasteiger charge is 2.18. The molecule has 1 aliphatic carbocycles. The third-order valence-corrected chi connectivity index (χ3v) is 4.26. The lowest BCUT2D eigenvalue weighted by Gasteiger charge is -2.25. The van der Waals surface area contributed by atoms with Crippen LogP contribution in [0, 0.1) is 0 Å². The summed E-state index contributed by atoms with van der Waals surface area (Å²) in [5, 5.41) is 7.61. The van der Waals surface area contributed by atoms with Crippen molar-refractivity contribution in [2.45, 2.75) is 84.0 Å². The first-order chi connectivity index (χ1) is 9.94. The average molecular weight is 293 g/mol. The predicted molar refractivity (Wildman–Crippen MR) is 86.1 cm³/mol. The van der Waals surface area contributed by atoms with E-state index in [2.05, 4.69) is 49.3 Å². The molecule has 21 heavy (non-hydrogen) atoms. The summed E-state index contributed by atoms with van der Waals surface area (Å²) in [7, 11) is 2.21. The van der Waals surface area contributed by atoms with Gasteiger partial charge in [0.1, 0.15) is 0 Å². The Labute approximate surface area is 129 Å². The molecule has 1 aromatic heterocycles. The second kappa shape index (κ2) is 7.41. The van der Waals surface area contributed by atoms with Gasteiger partial charge in [0.2, 0.25) is 0 Å². The van der Waals surface area contributed by atoms with E-state index >= 15 is 0 Å². The van der Waals surface area contributed by atoms with Crippen LogP contribution >= 0.6 is 0 Å². The van der Waals surface area contributed by atoms with Crippen molar-refractivity contribution in [1.82, 2.24) is 15.4 Å². The van der Waals surface area contributed by atoms with E-state index in [0.29, 0.717) is 6.04 Å². The van der Waals surface area contributed by atoms with Crippen LogP contribution in [0.3, 0.4) is 0 Å². The molecule has 0 radical (unpaired) electrons. The zero-order chi connectivity index (χ0) is 15.3. The lowest BCUT2D eigenvalue weighted by Crippen LogP contribution is -2.35. The van der Waals surface area contributed by atoms with Crippen molar-refractivity contribution in [3.05, 3.63) is 17.5 Å². The van der Waals surface area contributed by atoms with Crippen LogP contribution in [0.15, 0.2) is 10.6 Å². The van der Waals surface area contributed by atoms with E-state index in [-0.39, 0.29) is 5.54 Å². The highest BCUT2D eigenvalue weighted by Crippen LogP contribution is 2.22. The minimum absolute atomic E-state index is 0.107. The van der Waals surface area contributed by atoms with E-state index < -0.39 is 0 Å². The van der Waals surface area contributed by atoms with Crippen molar-refractivity contribution in [1.29, 1.82) is 0 Å². The second-order valence-corrected chi connectivity index (χ2v) is 7.45. The van der Waals surface area contributed by atoms with E-state index in [4.69, 9.17) is 4.52 Å². The Hall–Kier alpha value is -0.870. The summed E-state index contributed by atoms with van der Waals surface area (Å²) < 4.78 is 5.49. The number of nitrogens with zero attached hydrogens (tertiary/aromatic N) is 2. The first-order valence-corrected chi connectivity index (χ1v) is 8.34. The van der Waals surface area contributed by atoms with Crippen molar-refractivity contribution in [3.63, 3.8) is 0 Å². The van der Waals surface area contributed by atoms with Crippen molar-refractivity contribution < 1.29 is 4.52 Å². The largest absolute Gasteiger partial charge is 0.360 e. The summed E-state index contributed by atoms with van der Waals surface area (Å²) in [6.45, 7) is 8.11. The van der Waals surface area contributed by atoms with Gasteiger partial charge in [-0.2, -0.15) is 0 Å². The van der Waals surface area contributed by atoms with Gasteiger partial charge in [0.25, 0.3) is 0 Å². The van der Waals surface area contributed by atoms with E-state index in [0.717, 1.165) is 24.5 Å². The first kappa shape index (κ1) is 16.5. The van der Waals surface area contributed by atoms with Gasteiger partial charge in [-0.15, -0.1) is 0 Å². The van der Waals surface area contributed by atoms with Gasteiger partial charge >= 0.3 is 0 Å². The molecule has 0 aliphatic heterocycles. The standard InChI is InChI=1S/C17H31N3O/c1-17(2,3)18-12-14-11-16(21-19-14)13-20(4)15-9-7-5-6-8-10-15/h11,15,18H,5-10,12-13H2,1-4H3. The molecule has 1 saturated carbocycles. The normalized spacial score (nSPS) is 18.1. The number of hydrogen-bond acceptors (Lipinski definition) is 4. The molecule has 1 fully saturated rings. The third-order valence-electron chi connectivity index (χ3n) is 4.26. The van der Waals surface area contributed by atoms with Crippen LogP contribution in [0.2, 0.25) is 0 Å². The fourth-order valence-electron chi connectivity index (χ4n) is 2.94. The molecule has 0 bridgehead atoms. The van der Waals surface area contributed by atoms with Gasteiger partial charge in [0, 0.05) is 24.2 Å². The minimum Gasteiger partial charge on any atom is -0.360 e. The maximum absolute atomic E-state index is 5.49. The van der Waals surface area contributed by atoms with Crippen LogP contribution in [0.25, 0.3) is 0 Å². The van der Waals surface area contributed by atoms with E-state index in [9.17, 15) is 0 Å². The van der Waals surface area contributed by atoms with Gasteiger partial charge in [-0.3, -0.25) is 4.90 Å². The fraction of sp³-hybridized carbons (Fsp3) is 0.824. The van der Waals surface area contributed by atoms with E-state index in [1.165, 1.54) is 38.5 Å². The molecule has 4 heteroatoms. The van der Waals surface area contributed by atoms with Gasteiger partial charge < -0.3 is 9.84 Å². The highest BCUT2D eigenvalue weighted by atomic mass is 16.5. The van der Waals surface area contributed by atoms with E-state index in [1.807, 2.05) is 0 Å². The molecular weight excluding hydrogens is 262 g/mol. The van der Waals surface area contributed by atoms with Gasteiger partial charge in [0.05, 0.1) is 12.2 Å². The topological polar surface area (TPSA) is 41.3 Å². The summed E-state index contributed by atoms with van der Waals surface area (Å²) in [4.78, 5) is 2.44. The van der Waals surface area contributed by atoms with Crippen LogP contribution < -0.4 is 5.32 Å². The third kappa shape index (κ3) is 5.79. The van der Waals surface area contributed by atoms with Crippen molar-refractivity contribution in [3.8, 4) is 0 Å². The molecule has 4 nitrogen and oxygen atoms in total. The van der Waals surface area contributed by atoms with Crippen LogP contribution in [0.1, 0.15) is 70.8 Å². The summed E-state index contributed by atoms with van der Waals surface area (Å²) >= 11 is 0. The number of hydrogen-bond donors (Lipinski definition) is 1. The van der Waals surface area contributed by atoms with Gasteiger partial charge in [-0.1, -0.05) is 30.8 Å². The van der Waals surface area contributed by atoms with Crippen LogP contribution in [-0.2, 0) is 13.1 Å². The monoisotopic (exact) mass is 293 g/mol. The molecule has 1 aromatic rings. The summed E-state index contributed by atoms with van der Waals surface area (Å²) in [6, 6.07) is 2.79. The van der Waals surface area contributed by atoms with E-state index in [1.54, 1.807) is 0 Å². The van der Waals surface area contributed by atoms with Crippen molar-refractivity contribution in [2.75, 3.05) is 7.05 Å². The number of nitrogens with one attached hydrogen (secondary N) is 1. The quantitative estimate of drug-likeness (QED) is 0.840. The Morgan fingerprint density at radius 3 is 2.52 bits per heavy atom. The number of aromatic nitrogens is 1. The van der Waals surface area contributed by atoms with Gasteiger partial charge in [-0.25, -0.2) is 0 Å². The zero-order valence-electron chi connectivity index (χ0n) is 14.1. The molecule has 0 atom stereocenters. The Kier molecular flexibility index (Phi) is 5.82. The smallest absolute Gasteiger partial charge is 0.151 e. The minimum atomic E-state index is 0.107. The predicted octanol–water partition coefficient (Wildman–Crippen LogP) is 3.72. The van der Waals surface area contributed by atoms with Gasteiger partial charge in [0.15, 0.2) is 5.76 Å².